The lowest BCUT2D eigenvalue weighted by Crippen LogP contribution is -2.25. The summed E-state index contributed by atoms with van der Waals surface area (Å²) in [4.78, 5) is 33.8. The maximum absolute atomic E-state index is 12.4. The summed E-state index contributed by atoms with van der Waals surface area (Å²) in [6.07, 6.45) is 3.86. The van der Waals surface area contributed by atoms with Crippen LogP contribution in [-0.2, 0) is 6.42 Å². The van der Waals surface area contributed by atoms with Crippen molar-refractivity contribution in [1.82, 2.24) is 14.4 Å². The molecule has 120 valence electrons. The Bertz CT molecular complexity index is 1130. The van der Waals surface area contributed by atoms with E-state index in [4.69, 9.17) is 0 Å². The van der Waals surface area contributed by atoms with Crippen molar-refractivity contribution >= 4 is 48.9 Å². The highest BCUT2D eigenvalue weighted by atomic mass is 32.1. The summed E-state index contributed by atoms with van der Waals surface area (Å²) in [5.41, 5.74) is 1.66. The molecule has 0 fully saturated rings. The van der Waals surface area contributed by atoms with Gasteiger partial charge in [0.2, 0.25) is 0 Å². The van der Waals surface area contributed by atoms with Gasteiger partial charge in [-0.3, -0.25) is 19.3 Å². The number of nitrogens with zero attached hydrogens (tertiary/aromatic N) is 3. The van der Waals surface area contributed by atoms with E-state index in [9.17, 15) is 9.59 Å². The van der Waals surface area contributed by atoms with Gasteiger partial charge < -0.3 is 0 Å². The van der Waals surface area contributed by atoms with Crippen molar-refractivity contribution in [3.63, 3.8) is 0 Å². The lowest BCUT2D eigenvalue weighted by molar-refractivity contribution is 0.102. The molecule has 1 N–H and O–H groups in total. The zero-order valence-corrected chi connectivity index (χ0v) is 14.3. The number of aryl methyl sites for hydroxylation is 1. The van der Waals surface area contributed by atoms with E-state index in [0.717, 1.165) is 16.6 Å². The second-order valence-electron chi connectivity index (χ2n) is 5.16. The number of carbonyl (C=O) groups is 1. The van der Waals surface area contributed by atoms with Crippen LogP contribution in [0.3, 0.4) is 0 Å². The molecule has 24 heavy (non-hydrogen) atoms. The van der Waals surface area contributed by atoms with E-state index in [0.29, 0.717) is 10.1 Å². The Hall–Kier alpha value is -2.58. The molecule has 1 amide bonds. The van der Waals surface area contributed by atoms with Gasteiger partial charge in [0.1, 0.15) is 5.56 Å². The number of anilines is 1. The fraction of sp³-hybridized carbons (Fsp3) is 0.125. The Morgan fingerprint density at radius 2 is 2.25 bits per heavy atom. The first-order valence-electron chi connectivity index (χ1n) is 7.31. The number of nitrogens with one attached hydrogen (secondary N) is 1. The molecule has 0 aliphatic carbocycles. The zero-order chi connectivity index (χ0) is 16.7. The maximum Gasteiger partial charge on any atom is 0.271 e. The van der Waals surface area contributed by atoms with Crippen LogP contribution in [-0.4, -0.2) is 20.3 Å². The van der Waals surface area contributed by atoms with E-state index < -0.39 is 5.91 Å². The lowest BCUT2D eigenvalue weighted by Gasteiger charge is -2.01. The monoisotopic (exact) mass is 356 g/mol. The highest BCUT2D eigenvalue weighted by Gasteiger charge is 2.16. The summed E-state index contributed by atoms with van der Waals surface area (Å²) in [5, 5.41) is 4.93. The number of benzene rings is 1. The van der Waals surface area contributed by atoms with Crippen LogP contribution in [0, 0.1) is 0 Å². The molecule has 0 spiro atoms. The first-order chi connectivity index (χ1) is 11.7. The molecular weight excluding hydrogens is 344 g/mol. The summed E-state index contributed by atoms with van der Waals surface area (Å²) >= 11 is 2.73. The minimum absolute atomic E-state index is 0.000552. The molecule has 0 atom stereocenters. The molecule has 3 heterocycles. The van der Waals surface area contributed by atoms with Crippen LogP contribution >= 0.6 is 22.7 Å². The molecule has 3 aromatic heterocycles. The molecule has 0 aliphatic heterocycles. The van der Waals surface area contributed by atoms with E-state index in [1.54, 1.807) is 11.6 Å². The largest absolute Gasteiger partial charge is 0.298 e. The van der Waals surface area contributed by atoms with Crippen molar-refractivity contribution in [3.05, 3.63) is 57.5 Å². The van der Waals surface area contributed by atoms with Crippen LogP contribution in [0.5, 0.6) is 0 Å². The van der Waals surface area contributed by atoms with Gasteiger partial charge in [0.05, 0.1) is 10.2 Å². The molecule has 4 rings (SSSR count). The van der Waals surface area contributed by atoms with Crippen molar-refractivity contribution in [3.8, 4) is 0 Å². The Morgan fingerprint density at radius 1 is 1.38 bits per heavy atom. The summed E-state index contributed by atoms with van der Waals surface area (Å²) < 4.78 is 2.37. The first-order valence-corrected chi connectivity index (χ1v) is 9.01. The Balaban J connectivity index is 1.67. The predicted molar refractivity (Wildman–Crippen MR) is 96.3 cm³/mol. The zero-order valence-electron chi connectivity index (χ0n) is 12.6. The number of carbonyl (C=O) groups excluding carboxylic acids is 1. The summed E-state index contributed by atoms with van der Waals surface area (Å²) in [6.45, 7) is 2.09. The Kier molecular flexibility index (Phi) is 3.62. The molecule has 6 nitrogen and oxygen atoms in total. The highest BCUT2D eigenvalue weighted by molar-refractivity contribution is 7.22. The summed E-state index contributed by atoms with van der Waals surface area (Å²) in [7, 11) is 0. The van der Waals surface area contributed by atoms with E-state index in [2.05, 4.69) is 28.3 Å². The van der Waals surface area contributed by atoms with E-state index >= 15 is 0 Å². The van der Waals surface area contributed by atoms with Gasteiger partial charge in [-0.1, -0.05) is 24.3 Å². The second kappa shape index (κ2) is 5.81. The first kappa shape index (κ1) is 15.0. The van der Waals surface area contributed by atoms with Crippen LogP contribution in [0.4, 0.5) is 5.13 Å². The molecule has 0 saturated carbocycles. The molecule has 0 bridgehead atoms. The minimum Gasteiger partial charge on any atom is -0.298 e. The van der Waals surface area contributed by atoms with Crippen molar-refractivity contribution < 1.29 is 4.79 Å². The third kappa shape index (κ3) is 2.49. The second-order valence-corrected chi connectivity index (χ2v) is 7.07. The van der Waals surface area contributed by atoms with E-state index in [1.807, 2.05) is 12.1 Å². The molecule has 0 radical (unpaired) electrons. The maximum atomic E-state index is 12.4. The third-order valence-electron chi connectivity index (χ3n) is 3.67. The fourth-order valence-electron chi connectivity index (χ4n) is 2.39. The molecule has 0 saturated heterocycles. The molecule has 1 aromatic carbocycles. The highest BCUT2D eigenvalue weighted by Crippen LogP contribution is 2.27. The number of aromatic nitrogens is 3. The van der Waals surface area contributed by atoms with Gasteiger partial charge in [0.25, 0.3) is 11.5 Å². The van der Waals surface area contributed by atoms with E-state index in [1.165, 1.54) is 38.8 Å². The van der Waals surface area contributed by atoms with Gasteiger partial charge in [-0.05, 0) is 24.1 Å². The lowest BCUT2D eigenvalue weighted by atomic mass is 10.2. The molecule has 4 aromatic rings. The van der Waals surface area contributed by atoms with Crippen LogP contribution in [0.15, 0.2) is 40.8 Å². The molecule has 0 unspecified atom stereocenters. The third-order valence-corrected chi connectivity index (χ3v) is 5.37. The van der Waals surface area contributed by atoms with Crippen molar-refractivity contribution in [2.75, 3.05) is 5.32 Å². The number of thiazole rings is 2. The van der Waals surface area contributed by atoms with Crippen molar-refractivity contribution in [2.45, 2.75) is 13.3 Å². The molecular formula is C16H12N4O2S2. The van der Waals surface area contributed by atoms with Gasteiger partial charge in [0, 0.05) is 17.8 Å². The summed E-state index contributed by atoms with van der Waals surface area (Å²) in [5.74, 6) is -0.497. The van der Waals surface area contributed by atoms with Crippen LogP contribution in [0.2, 0.25) is 0 Å². The number of hydrogen-bond donors (Lipinski definition) is 1. The van der Waals surface area contributed by atoms with Gasteiger partial charge in [-0.15, -0.1) is 11.3 Å². The van der Waals surface area contributed by atoms with Crippen LogP contribution in [0.25, 0.3) is 15.2 Å². The number of amides is 1. The topological polar surface area (TPSA) is 76.4 Å². The standard InChI is InChI=1S/C16H12N4O2S2/c1-2-9-3-4-11-12(7-9)24-15(18-11)19-13(21)10-8-17-16-20(14(10)22)5-6-23-16/h3-8H,2H2,1H3,(H,18,19,21). The average molecular weight is 356 g/mol. The van der Waals surface area contributed by atoms with Gasteiger partial charge in [0.15, 0.2) is 10.1 Å². The van der Waals surface area contributed by atoms with Crippen LogP contribution < -0.4 is 10.9 Å². The number of rotatable bonds is 3. The Labute approximate surface area is 144 Å². The average Bonchev–Trinajstić information content (AvgIpc) is 3.20. The van der Waals surface area contributed by atoms with Crippen molar-refractivity contribution in [1.29, 1.82) is 0 Å². The Morgan fingerprint density at radius 3 is 3.08 bits per heavy atom. The normalized spacial score (nSPS) is 11.2. The van der Waals surface area contributed by atoms with Gasteiger partial charge in [-0.25, -0.2) is 9.97 Å². The van der Waals surface area contributed by atoms with Crippen LogP contribution in [0.1, 0.15) is 22.8 Å². The fourth-order valence-corrected chi connectivity index (χ4v) is 3.99. The summed E-state index contributed by atoms with van der Waals surface area (Å²) in [6, 6.07) is 6.03. The number of hydrogen-bond acceptors (Lipinski definition) is 6. The van der Waals surface area contributed by atoms with Gasteiger partial charge in [-0.2, -0.15) is 0 Å². The molecule has 0 aliphatic rings. The predicted octanol–water partition coefficient (Wildman–Crippen LogP) is 3.18. The van der Waals surface area contributed by atoms with E-state index in [-0.39, 0.29) is 11.1 Å². The quantitative estimate of drug-likeness (QED) is 0.612. The molecule has 8 heteroatoms. The minimum atomic E-state index is -0.497. The number of fused-ring (bicyclic) bond motifs is 2. The van der Waals surface area contributed by atoms with Crippen molar-refractivity contribution in [2.24, 2.45) is 0 Å². The SMILES string of the molecule is CCc1ccc2nc(NC(=O)c3cnc4sccn4c3=O)sc2c1. The smallest absolute Gasteiger partial charge is 0.271 e. The van der Waals surface area contributed by atoms with Gasteiger partial charge >= 0.3 is 0 Å².